The molecular weight excluding hydrogens is 436 g/mol. The first-order valence-electron chi connectivity index (χ1n) is 9.39. The number of aryl methyl sites for hydroxylation is 2. The molecule has 1 heterocycles. The third-order valence-electron chi connectivity index (χ3n) is 4.66. The van der Waals surface area contributed by atoms with E-state index >= 15 is 0 Å². The van der Waals surface area contributed by atoms with Crippen LogP contribution < -0.4 is 5.32 Å². The monoisotopic (exact) mass is 458 g/mol. The minimum Gasteiger partial charge on any atom is -0.462 e. The van der Waals surface area contributed by atoms with Crippen molar-refractivity contribution in [3.8, 4) is 0 Å². The number of anilines is 1. The predicted octanol–water partition coefficient (Wildman–Crippen LogP) is 5.12. The third-order valence-corrected chi connectivity index (χ3v) is 5.15. The average Bonchev–Trinajstić information content (AvgIpc) is 3.05. The Labute approximate surface area is 177 Å². The number of rotatable bonds is 6. The van der Waals surface area contributed by atoms with Gasteiger partial charge in [-0.15, -0.1) is 0 Å². The Morgan fingerprint density at radius 2 is 1.76 bits per heavy atom. The fourth-order valence-corrected chi connectivity index (χ4v) is 3.66. The smallest absolute Gasteiger partial charge is 0.347 e. The van der Waals surface area contributed by atoms with Crippen molar-refractivity contribution in [3.63, 3.8) is 0 Å². The second-order valence-electron chi connectivity index (χ2n) is 6.57. The Balaban J connectivity index is 2.09. The summed E-state index contributed by atoms with van der Waals surface area (Å²) in [5.74, 6) is -1.44. The van der Waals surface area contributed by atoms with Crippen molar-refractivity contribution < 1.29 is 19.1 Å². The van der Waals surface area contributed by atoms with E-state index in [0.717, 1.165) is 43.1 Å². The first-order valence-corrected chi connectivity index (χ1v) is 10.2. The molecule has 3 rings (SSSR count). The number of aromatic amines is 1. The van der Waals surface area contributed by atoms with E-state index in [1.54, 1.807) is 13.8 Å². The first kappa shape index (κ1) is 20.9. The highest BCUT2D eigenvalue weighted by molar-refractivity contribution is 9.10. The standard InChI is InChI=1S/C22H23BrN2O4/c1-5-28-21(26)16(22(27)29-6-2)11-24-18-9-12(3)20-19(13(18)4)15-10-14(23)7-8-17(15)25-20/h7-11,24-25H,5-6H2,1-4H3. The molecule has 0 bridgehead atoms. The summed E-state index contributed by atoms with van der Waals surface area (Å²) >= 11 is 3.53. The lowest BCUT2D eigenvalue weighted by molar-refractivity contribution is -0.146. The zero-order valence-corrected chi connectivity index (χ0v) is 18.4. The highest BCUT2D eigenvalue weighted by Gasteiger charge is 2.21. The molecule has 0 aliphatic heterocycles. The van der Waals surface area contributed by atoms with E-state index in [0.29, 0.717) is 0 Å². The van der Waals surface area contributed by atoms with E-state index in [2.05, 4.69) is 32.3 Å². The molecule has 0 atom stereocenters. The van der Waals surface area contributed by atoms with Gasteiger partial charge in [-0.25, -0.2) is 9.59 Å². The molecule has 152 valence electrons. The fraction of sp³-hybridized carbons (Fsp3) is 0.273. The molecule has 0 radical (unpaired) electrons. The Morgan fingerprint density at radius 1 is 1.10 bits per heavy atom. The van der Waals surface area contributed by atoms with Gasteiger partial charge in [0.25, 0.3) is 0 Å². The summed E-state index contributed by atoms with van der Waals surface area (Å²) in [4.78, 5) is 27.8. The van der Waals surface area contributed by atoms with E-state index in [1.165, 1.54) is 6.20 Å². The van der Waals surface area contributed by atoms with Gasteiger partial charge in [-0.3, -0.25) is 0 Å². The number of H-pyrrole nitrogens is 1. The third kappa shape index (κ3) is 4.15. The number of esters is 2. The van der Waals surface area contributed by atoms with Crippen LogP contribution in [-0.4, -0.2) is 30.1 Å². The van der Waals surface area contributed by atoms with Gasteiger partial charge in [-0.1, -0.05) is 15.9 Å². The van der Waals surface area contributed by atoms with Gasteiger partial charge in [-0.05, 0) is 63.1 Å². The van der Waals surface area contributed by atoms with Crippen molar-refractivity contribution in [2.24, 2.45) is 0 Å². The van der Waals surface area contributed by atoms with Crippen LogP contribution in [0.1, 0.15) is 25.0 Å². The topological polar surface area (TPSA) is 80.4 Å². The maximum atomic E-state index is 12.2. The molecule has 6 nitrogen and oxygen atoms in total. The van der Waals surface area contributed by atoms with Crippen molar-refractivity contribution in [2.75, 3.05) is 18.5 Å². The van der Waals surface area contributed by atoms with E-state index in [4.69, 9.17) is 9.47 Å². The largest absolute Gasteiger partial charge is 0.462 e. The number of hydrogen-bond donors (Lipinski definition) is 2. The van der Waals surface area contributed by atoms with E-state index < -0.39 is 11.9 Å². The maximum Gasteiger partial charge on any atom is 0.347 e. The average molecular weight is 459 g/mol. The molecule has 0 aliphatic rings. The van der Waals surface area contributed by atoms with Crippen LogP contribution in [0, 0.1) is 13.8 Å². The molecule has 0 saturated carbocycles. The summed E-state index contributed by atoms with van der Waals surface area (Å²) < 4.78 is 11.0. The van der Waals surface area contributed by atoms with Crippen LogP contribution in [-0.2, 0) is 19.1 Å². The number of halogens is 1. The number of carbonyl (C=O) groups excluding carboxylic acids is 2. The Kier molecular flexibility index (Phi) is 6.27. The van der Waals surface area contributed by atoms with Gasteiger partial charge < -0.3 is 19.8 Å². The van der Waals surface area contributed by atoms with Crippen LogP contribution in [0.2, 0.25) is 0 Å². The zero-order valence-electron chi connectivity index (χ0n) is 16.8. The predicted molar refractivity (Wildman–Crippen MR) is 118 cm³/mol. The number of benzene rings is 2. The summed E-state index contributed by atoms with van der Waals surface area (Å²) in [6.07, 6.45) is 1.36. The minimum absolute atomic E-state index is 0.171. The van der Waals surface area contributed by atoms with Crippen molar-refractivity contribution in [1.82, 2.24) is 4.98 Å². The van der Waals surface area contributed by atoms with Gasteiger partial charge in [0.2, 0.25) is 0 Å². The second kappa shape index (κ2) is 8.69. The van der Waals surface area contributed by atoms with Crippen LogP contribution in [0.3, 0.4) is 0 Å². The van der Waals surface area contributed by atoms with Crippen LogP contribution in [0.4, 0.5) is 5.69 Å². The molecule has 0 spiro atoms. The summed E-state index contributed by atoms with van der Waals surface area (Å²) in [5.41, 5.74) is 4.76. The summed E-state index contributed by atoms with van der Waals surface area (Å²) in [5, 5.41) is 5.29. The number of aromatic nitrogens is 1. The molecule has 0 unspecified atom stereocenters. The van der Waals surface area contributed by atoms with Crippen LogP contribution in [0.25, 0.3) is 21.8 Å². The van der Waals surface area contributed by atoms with Crippen LogP contribution in [0.5, 0.6) is 0 Å². The molecular formula is C22H23BrN2O4. The molecule has 0 amide bonds. The number of fused-ring (bicyclic) bond motifs is 3. The van der Waals surface area contributed by atoms with Crippen LogP contribution >= 0.6 is 15.9 Å². The molecule has 0 fully saturated rings. The highest BCUT2D eigenvalue weighted by atomic mass is 79.9. The van der Waals surface area contributed by atoms with Crippen molar-refractivity contribution in [3.05, 3.63) is 51.6 Å². The quantitative estimate of drug-likeness (QED) is 0.232. The molecule has 2 N–H and O–H groups in total. The molecule has 7 heteroatoms. The lowest BCUT2D eigenvalue weighted by Gasteiger charge is -2.12. The van der Waals surface area contributed by atoms with Crippen molar-refractivity contribution >= 4 is 55.4 Å². The number of ether oxygens (including phenoxy) is 2. The Morgan fingerprint density at radius 3 is 2.38 bits per heavy atom. The van der Waals surface area contributed by atoms with E-state index in [-0.39, 0.29) is 18.8 Å². The summed E-state index contributed by atoms with van der Waals surface area (Å²) in [7, 11) is 0. The minimum atomic E-state index is -0.718. The molecule has 2 aromatic carbocycles. The maximum absolute atomic E-state index is 12.2. The van der Waals surface area contributed by atoms with Gasteiger partial charge in [0.15, 0.2) is 5.57 Å². The Bertz CT molecular complexity index is 1110. The number of carbonyl (C=O) groups is 2. The molecule has 3 aromatic rings. The molecule has 1 aromatic heterocycles. The second-order valence-corrected chi connectivity index (χ2v) is 7.49. The first-order chi connectivity index (χ1) is 13.9. The van der Waals surface area contributed by atoms with Crippen molar-refractivity contribution in [2.45, 2.75) is 27.7 Å². The fourth-order valence-electron chi connectivity index (χ4n) is 3.30. The van der Waals surface area contributed by atoms with Gasteiger partial charge in [0, 0.05) is 38.2 Å². The Hall–Kier alpha value is -2.80. The molecule has 29 heavy (non-hydrogen) atoms. The number of hydrogen-bond acceptors (Lipinski definition) is 5. The molecule has 0 aliphatic carbocycles. The lowest BCUT2D eigenvalue weighted by Crippen LogP contribution is -2.19. The normalized spacial score (nSPS) is 10.8. The van der Waals surface area contributed by atoms with E-state index in [1.807, 2.05) is 32.0 Å². The SMILES string of the molecule is CCOC(=O)C(=CNc1cc(C)c2[nH]c3ccc(Br)cc3c2c1C)C(=O)OCC. The summed E-state index contributed by atoms with van der Waals surface area (Å²) in [6.45, 7) is 7.72. The summed E-state index contributed by atoms with van der Waals surface area (Å²) in [6, 6.07) is 8.08. The van der Waals surface area contributed by atoms with Gasteiger partial charge >= 0.3 is 11.9 Å². The van der Waals surface area contributed by atoms with E-state index in [9.17, 15) is 9.59 Å². The molecule has 0 saturated heterocycles. The lowest BCUT2D eigenvalue weighted by atomic mass is 10.0. The highest BCUT2D eigenvalue weighted by Crippen LogP contribution is 2.35. The van der Waals surface area contributed by atoms with Crippen molar-refractivity contribution in [1.29, 1.82) is 0 Å². The zero-order chi connectivity index (χ0) is 21.1. The van der Waals surface area contributed by atoms with Gasteiger partial charge in [-0.2, -0.15) is 0 Å². The number of nitrogens with one attached hydrogen (secondary N) is 2. The van der Waals surface area contributed by atoms with Gasteiger partial charge in [0.1, 0.15) is 0 Å². The van der Waals surface area contributed by atoms with Gasteiger partial charge in [0.05, 0.1) is 13.2 Å². The van der Waals surface area contributed by atoms with Crippen LogP contribution in [0.15, 0.2) is 40.5 Å².